The summed E-state index contributed by atoms with van der Waals surface area (Å²) in [5.41, 5.74) is -1.02. The first-order valence-electron chi connectivity index (χ1n) is 8.06. The second-order valence-electron chi connectivity index (χ2n) is 6.09. The maximum Gasteiger partial charge on any atom is 0.435 e. The molecule has 11 heteroatoms. The minimum atomic E-state index is -4.66. The first kappa shape index (κ1) is 19.5. The highest BCUT2D eigenvalue weighted by Gasteiger charge is 2.36. The molecule has 0 aliphatic rings. The molecule has 0 saturated carbocycles. The van der Waals surface area contributed by atoms with Crippen molar-refractivity contribution >= 4 is 5.91 Å². The van der Waals surface area contributed by atoms with E-state index in [1.54, 1.807) is 13.0 Å². The third-order valence-electron chi connectivity index (χ3n) is 4.17. The molecule has 0 aliphatic heterocycles. The third-order valence-corrected chi connectivity index (χ3v) is 4.17. The molecule has 0 unspecified atom stereocenters. The number of carbonyl (C=O) groups excluding carboxylic acids is 1. The summed E-state index contributed by atoms with van der Waals surface area (Å²) in [4.78, 5) is 17.9. The van der Waals surface area contributed by atoms with Crippen molar-refractivity contribution in [1.29, 1.82) is 0 Å². The van der Waals surface area contributed by atoms with Crippen LogP contribution in [0, 0.1) is 5.82 Å². The molecule has 148 valence electrons. The van der Waals surface area contributed by atoms with Gasteiger partial charge in [0.05, 0.1) is 0 Å². The van der Waals surface area contributed by atoms with Crippen molar-refractivity contribution in [3.63, 3.8) is 0 Å². The van der Waals surface area contributed by atoms with Crippen LogP contribution in [0.5, 0.6) is 0 Å². The molecule has 0 saturated heterocycles. The Hall–Kier alpha value is -3.24. The summed E-state index contributed by atoms with van der Waals surface area (Å²) in [5, 5.41) is 7.09. The van der Waals surface area contributed by atoms with Gasteiger partial charge in [-0.1, -0.05) is 17.3 Å². The normalized spacial score (nSPS) is 12.8. The van der Waals surface area contributed by atoms with E-state index in [2.05, 4.69) is 15.2 Å². The SMILES string of the molecule is C[C@@H](c1nc(-c2cccc(F)c2)no1)N(C)C(=O)c1cc(C(F)(F)F)nn1C. The fourth-order valence-corrected chi connectivity index (χ4v) is 2.48. The molecule has 28 heavy (non-hydrogen) atoms. The van der Waals surface area contributed by atoms with Gasteiger partial charge < -0.3 is 9.42 Å². The summed E-state index contributed by atoms with van der Waals surface area (Å²) in [6.45, 7) is 1.57. The predicted octanol–water partition coefficient (Wildman–Crippen LogP) is 3.46. The van der Waals surface area contributed by atoms with Crippen molar-refractivity contribution < 1.29 is 26.9 Å². The molecule has 0 fully saturated rings. The summed E-state index contributed by atoms with van der Waals surface area (Å²) in [7, 11) is 2.63. The zero-order chi connectivity index (χ0) is 20.6. The average Bonchev–Trinajstić information content (AvgIpc) is 3.26. The van der Waals surface area contributed by atoms with E-state index < -0.39 is 29.6 Å². The minimum absolute atomic E-state index is 0.0494. The van der Waals surface area contributed by atoms with E-state index in [1.165, 1.54) is 32.3 Å². The van der Waals surface area contributed by atoms with Gasteiger partial charge >= 0.3 is 6.18 Å². The number of rotatable bonds is 4. The Morgan fingerprint density at radius 1 is 1.29 bits per heavy atom. The van der Waals surface area contributed by atoms with Crippen molar-refractivity contribution in [2.75, 3.05) is 7.05 Å². The zero-order valence-corrected chi connectivity index (χ0v) is 15.0. The molecule has 0 radical (unpaired) electrons. The van der Waals surface area contributed by atoms with Crippen molar-refractivity contribution in [2.45, 2.75) is 19.1 Å². The van der Waals surface area contributed by atoms with Crippen LogP contribution >= 0.6 is 0 Å². The maximum atomic E-state index is 13.3. The fraction of sp³-hybridized carbons (Fsp3) is 0.294. The Morgan fingerprint density at radius 2 is 2.00 bits per heavy atom. The number of hydrogen-bond donors (Lipinski definition) is 0. The highest BCUT2D eigenvalue weighted by Crippen LogP contribution is 2.29. The average molecular weight is 397 g/mol. The first-order chi connectivity index (χ1) is 13.1. The summed E-state index contributed by atoms with van der Waals surface area (Å²) >= 11 is 0. The molecule has 0 aliphatic carbocycles. The van der Waals surface area contributed by atoms with Crippen LogP contribution in [0.25, 0.3) is 11.4 Å². The molecule has 0 bridgehead atoms. The van der Waals surface area contributed by atoms with Gasteiger partial charge in [0.25, 0.3) is 5.91 Å². The Bertz CT molecular complexity index is 1010. The molecule has 2 aromatic heterocycles. The summed E-state index contributed by atoms with van der Waals surface area (Å²) < 4.78 is 57.7. The monoisotopic (exact) mass is 397 g/mol. The minimum Gasteiger partial charge on any atom is -0.337 e. The smallest absolute Gasteiger partial charge is 0.337 e. The Balaban J connectivity index is 1.82. The predicted molar refractivity (Wildman–Crippen MR) is 88.4 cm³/mol. The summed E-state index contributed by atoms with van der Waals surface area (Å²) in [6.07, 6.45) is -4.66. The fourth-order valence-electron chi connectivity index (χ4n) is 2.48. The van der Waals surface area contributed by atoms with E-state index in [9.17, 15) is 22.4 Å². The van der Waals surface area contributed by atoms with E-state index in [4.69, 9.17) is 4.52 Å². The van der Waals surface area contributed by atoms with Gasteiger partial charge in [-0.2, -0.15) is 23.3 Å². The molecule has 1 atom stereocenters. The number of aromatic nitrogens is 4. The Labute approximate surface area is 156 Å². The van der Waals surface area contributed by atoms with Gasteiger partial charge in [-0.15, -0.1) is 0 Å². The van der Waals surface area contributed by atoms with Crippen LogP contribution in [-0.4, -0.2) is 37.8 Å². The summed E-state index contributed by atoms with van der Waals surface area (Å²) in [6, 6.07) is 5.50. The van der Waals surface area contributed by atoms with Gasteiger partial charge in [-0.05, 0) is 19.1 Å². The van der Waals surface area contributed by atoms with E-state index in [0.29, 0.717) is 11.6 Å². The highest BCUT2D eigenvalue weighted by atomic mass is 19.4. The number of halogens is 4. The topological polar surface area (TPSA) is 77.1 Å². The van der Waals surface area contributed by atoms with Gasteiger partial charge in [-0.25, -0.2) is 4.39 Å². The number of aryl methyl sites for hydroxylation is 1. The molecule has 1 amide bonds. The molecule has 0 N–H and O–H groups in total. The van der Waals surface area contributed by atoms with Gasteiger partial charge in [0, 0.05) is 25.7 Å². The van der Waals surface area contributed by atoms with Gasteiger partial charge in [0.15, 0.2) is 5.69 Å². The molecule has 0 spiro atoms. The third kappa shape index (κ3) is 3.73. The van der Waals surface area contributed by atoms with Crippen molar-refractivity contribution in [1.82, 2.24) is 24.8 Å². The molecule has 2 heterocycles. The molecular weight excluding hydrogens is 382 g/mol. The van der Waals surface area contributed by atoms with Crippen LogP contribution in [-0.2, 0) is 13.2 Å². The summed E-state index contributed by atoms with van der Waals surface area (Å²) in [5.74, 6) is -1.00. The molecule has 3 aromatic rings. The lowest BCUT2D eigenvalue weighted by atomic mass is 10.2. The van der Waals surface area contributed by atoms with Gasteiger partial charge in [0.2, 0.25) is 11.7 Å². The standard InChI is InChI=1S/C17H15F4N5O2/c1-9(15-22-14(24-28-15)10-5-4-6-11(18)7-10)25(2)16(27)12-8-13(17(19,20)21)23-26(12)3/h4-9H,1-3H3/t9-/m0/s1. The van der Waals surface area contributed by atoms with E-state index in [-0.39, 0.29) is 17.4 Å². The zero-order valence-electron chi connectivity index (χ0n) is 15.0. The lowest BCUT2D eigenvalue weighted by Crippen LogP contribution is -2.31. The molecule has 1 aromatic carbocycles. The Kier molecular flexibility index (Phi) is 4.92. The Morgan fingerprint density at radius 3 is 2.61 bits per heavy atom. The van der Waals surface area contributed by atoms with Crippen LogP contribution < -0.4 is 0 Å². The van der Waals surface area contributed by atoms with Crippen LogP contribution in [0.4, 0.5) is 17.6 Å². The molecular formula is C17H15F4N5O2. The van der Waals surface area contributed by atoms with Crippen molar-refractivity contribution in [3.8, 4) is 11.4 Å². The molecule has 7 nitrogen and oxygen atoms in total. The number of amides is 1. The van der Waals surface area contributed by atoms with E-state index >= 15 is 0 Å². The maximum absolute atomic E-state index is 13.3. The van der Waals surface area contributed by atoms with Gasteiger partial charge in [-0.3, -0.25) is 9.48 Å². The van der Waals surface area contributed by atoms with Crippen molar-refractivity contribution in [2.24, 2.45) is 7.05 Å². The van der Waals surface area contributed by atoms with Crippen LogP contribution in [0.15, 0.2) is 34.9 Å². The first-order valence-corrected chi connectivity index (χ1v) is 8.06. The number of nitrogens with zero attached hydrogens (tertiary/aromatic N) is 5. The number of benzene rings is 1. The van der Waals surface area contributed by atoms with Crippen LogP contribution in [0.1, 0.15) is 35.0 Å². The van der Waals surface area contributed by atoms with Crippen molar-refractivity contribution in [3.05, 3.63) is 53.4 Å². The van der Waals surface area contributed by atoms with E-state index in [0.717, 1.165) is 9.58 Å². The van der Waals surface area contributed by atoms with E-state index in [1.807, 2.05) is 0 Å². The highest BCUT2D eigenvalue weighted by molar-refractivity contribution is 5.92. The number of hydrogen-bond acceptors (Lipinski definition) is 5. The quantitative estimate of drug-likeness (QED) is 0.630. The largest absolute Gasteiger partial charge is 0.435 e. The number of alkyl halides is 3. The van der Waals surface area contributed by atoms with Crippen LogP contribution in [0.3, 0.4) is 0 Å². The second kappa shape index (κ2) is 7.06. The van der Waals surface area contributed by atoms with Gasteiger partial charge in [0.1, 0.15) is 17.6 Å². The lowest BCUT2D eigenvalue weighted by Gasteiger charge is -2.21. The lowest BCUT2D eigenvalue weighted by molar-refractivity contribution is -0.141. The molecule has 3 rings (SSSR count). The number of carbonyl (C=O) groups is 1. The second-order valence-corrected chi connectivity index (χ2v) is 6.09. The van der Waals surface area contributed by atoms with Crippen LogP contribution in [0.2, 0.25) is 0 Å².